The number of piperidine rings is 2. The van der Waals surface area contributed by atoms with Crippen molar-refractivity contribution >= 4 is 11.6 Å². The first-order valence-corrected chi connectivity index (χ1v) is 7.17. The largest absolute Gasteiger partial charge is 0.356 e. The lowest BCUT2D eigenvalue weighted by atomic mass is 9.84. The molecular formula is C14H23N5. The molecule has 1 aromatic rings. The summed E-state index contributed by atoms with van der Waals surface area (Å²) in [4.78, 5) is 9.49. The second-order valence-corrected chi connectivity index (χ2v) is 5.71. The van der Waals surface area contributed by atoms with Gasteiger partial charge in [0.25, 0.3) is 0 Å². The summed E-state index contributed by atoms with van der Waals surface area (Å²) in [6.45, 7) is 3.47. The molecule has 2 aliphatic heterocycles. The van der Waals surface area contributed by atoms with E-state index in [2.05, 4.69) is 33.3 Å². The topological polar surface area (TPSA) is 57.4 Å². The average molecular weight is 261 g/mol. The lowest BCUT2D eigenvalue weighted by Crippen LogP contribution is -2.52. The van der Waals surface area contributed by atoms with Gasteiger partial charge in [0.15, 0.2) is 0 Å². The van der Waals surface area contributed by atoms with Crippen LogP contribution in [0.15, 0.2) is 18.2 Å². The lowest BCUT2D eigenvalue weighted by Gasteiger charge is -2.46. The van der Waals surface area contributed by atoms with Gasteiger partial charge in [0.2, 0.25) is 0 Å². The molecule has 1 aromatic heterocycles. The highest BCUT2D eigenvalue weighted by molar-refractivity contribution is 5.47. The van der Waals surface area contributed by atoms with Crippen LogP contribution in [0.3, 0.4) is 0 Å². The number of nitrogens with two attached hydrogens (primary N) is 1. The fraction of sp³-hybridized carbons (Fsp3) is 0.643. The first-order chi connectivity index (χ1) is 9.28. The minimum Gasteiger partial charge on any atom is -0.356 e. The molecule has 0 saturated carbocycles. The fourth-order valence-corrected chi connectivity index (χ4v) is 3.54. The van der Waals surface area contributed by atoms with Crippen LogP contribution in [-0.2, 0) is 0 Å². The molecule has 0 spiro atoms. The number of pyridine rings is 1. The Balaban J connectivity index is 1.73. The molecule has 0 bridgehead atoms. The first kappa shape index (κ1) is 12.7. The Kier molecular flexibility index (Phi) is 3.57. The molecule has 104 valence electrons. The van der Waals surface area contributed by atoms with Crippen molar-refractivity contribution in [1.82, 2.24) is 9.88 Å². The second kappa shape index (κ2) is 5.35. The number of anilines is 2. The fourth-order valence-electron chi connectivity index (χ4n) is 3.54. The molecule has 2 atom stereocenters. The summed E-state index contributed by atoms with van der Waals surface area (Å²) >= 11 is 0. The number of aromatic nitrogens is 1. The highest BCUT2D eigenvalue weighted by Gasteiger charge is 2.34. The maximum atomic E-state index is 5.43. The van der Waals surface area contributed by atoms with Gasteiger partial charge in [-0.25, -0.2) is 10.8 Å². The molecule has 3 N–H and O–H groups in total. The Morgan fingerprint density at radius 2 is 2.21 bits per heavy atom. The van der Waals surface area contributed by atoms with Crippen LogP contribution in [-0.4, -0.2) is 42.6 Å². The number of rotatable bonds is 2. The van der Waals surface area contributed by atoms with Crippen molar-refractivity contribution in [2.45, 2.75) is 25.3 Å². The summed E-state index contributed by atoms with van der Waals surface area (Å²) in [7, 11) is 2.27. The Morgan fingerprint density at radius 3 is 3.05 bits per heavy atom. The molecule has 2 saturated heterocycles. The lowest BCUT2D eigenvalue weighted by molar-refractivity contribution is 0.102. The molecule has 3 rings (SSSR count). The maximum absolute atomic E-state index is 5.43. The minimum absolute atomic E-state index is 0.736. The van der Waals surface area contributed by atoms with Gasteiger partial charge in [-0.3, -0.25) is 0 Å². The van der Waals surface area contributed by atoms with Crippen LogP contribution in [0.1, 0.15) is 19.3 Å². The van der Waals surface area contributed by atoms with Gasteiger partial charge in [0.1, 0.15) is 11.6 Å². The zero-order valence-corrected chi connectivity index (χ0v) is 11.5. The van der Waals surface area contributed by atoms with Gasteiger partial charge in [0.05, 0.1) is 0 Å². The molecule has 0 aliphatic carbocycles. The van der Waals surface area contributed by atoms with Crippen molar-refractivity contribution in [3.63, 3.8) is 0 Å². The third-order valence-corrected chi connectivity index (χ3v) is 4.55. The number of hydrogen-bond acceptors (Lipinski definition) is 5. The summed E-state index contributed by atoms with van der Waals surface area (Å²) in [6, 6.07) is 6.75. The number of hydrogen-bond donors (Lipinski definition) is 2. The zero-order valence-electron chi connectivity index (χ0n) is 11.5. The van der Waals surface area contributed by atoms with Crippen LogP contribution in [0.2, 0.25) is 0 Å². The van der Waals surface area contributed by atoms with Crippen molar-refractivity contribution < 1.29 is 0 Å². The molecule has 2 fully saturated rings. The van der Waals surface area contributed by atoms with Gasteiger partial charge in [-0.1, -0.05) is 6.07 Å². The Bertz CT molecular complexity index is 436. The summed E-state index contributed by atoms with van der Waals surface area (Å²) < 4.78 is 0. The number of nitrogen functional groups attached to an aromatic ring is 1. The molecule has 0 radical (unpaired) electrons. The Hall–Kier alpha value is -1.33. The Labute approximate surface area is 114 Å². The highest BCUT2D eigenvalue weighted by Crippen LogP contribution is 2.31. The van der Waals surface area contributed by atoms with Crippen LogP contribution in [0.25, 0.3) is 0 Å². The van der Waals surface area contributed by atoms with E-state index < -0.39 is 0 Å². The van der Waals surface area contributed by atoms with Crippen molar-refractivity contribution in [2.75, 3.05) is 37.0 Å². The van der Waals surface area contributed by atoms with Gasteiger partial charge in [-0.2, -0.15) is 0 Å². The number of nitrogens with one attached hydrogen (secondary N) is 1. The summed E-state index contributed by atoms with van der Waals surface area (Å²) in [5.41, 5.74) is 2.62. The van der Waals surface area contributed by atoms with E-state index in [0.717, 1.165) is 36.7 Å². The standard InChI is InChI=1S/C14H23N5/c1-18-8-3-4-11-10-19(9-7-12(11)18)14-6-2-5-13(16-14)17-15/h2,5-6,11-12H,3-4,7-10,15H2,1H3,(H,16,17). The van der Waals surface area contributed by atoms with Gasteiger partial charge in [0, 0.05) is 19.1 Å². The monoisotopic (exact) mass is 261 g/mol. The van der Waals surface area contributed by atoms with E-state index in [1.165, 1.54) is 25.8 Å². The molecule has 0 aromatic carbocycles. The van der Waals surface area contributed by atoms with Gasteiger partial charge in [-0.05, 0) is 50.9 Å². The molecular weight excluding hydrogens is 238 g/mol. The summed E-state index contributed by atoms with van der Waals surface area (Å²) in [5, 5.41) is 0. The predicted octanol–water partition coefficient (Wildman–Crippen LogP) is 1.29. The number of hydrazine groups is 1. The van der Waals surface area contributed by atoms with E-state index in [0.29, 0.717) is 0 Å². The number of nitrogens with zero attached hydrogens (tertiary/aromatic N) is 3. The third-order valence-electron chi connectivity index (χ3n) is 4.55. The highest BCUT2D eigenvalue weighted by atomic mass is 15.3. The van der Waals surface area contributed by atoms with Crippen molar-refractivity contribution in [2.24, 2.45) is 11.8 Å². The van der Waals surface area contributed by atoms with Crippen LogP contribution >= 0.6 is 0 Å². The average Bonchev–Trinajstić information content (AvgIpc) is 2.47. The quantitative estimate of drug-likeness (QED) is 0.620. The van der Waals surface area contributed by atoms with Crippen LogP contribution in [0.4, 0.5) is 11.6 Å². The molecule has 19 heavy (non-hydrogen) atoms. The van der Waals surface area contributed by atoms with E-state index in [9.17, 15) is 0 Å². The van der Waals surface area contributed by atoms with E-state index in [-0.39, 0.29) is 0 Å². The van der Waals surface area contributed by atoms with Crippen LogP contribution in [0, 0.1) is 5.92 Å². The van der Waals surface area contributed by atoms with Crippen LogP contribution < -0.4 is 16.2 Å². The van der Waals surface area contributed by atoms with Gasteiger partial charge < -0.3 is 15.2 Å². The normalized spacial score (nSPS) is 28.0. The predicted molar refractivity (Wildman–Crippen MR) is 78.0 cm³/mol. The molecule has 2 unspecified atom stereocenters. The molecule has 5 nitrogen and oxygen atoms in total. The summed E-state index contributed by atoms with van der Waals surface area (Å²) in [6.07, 6.45) is 3.91. The van der Waals surface area contributed by atoms with Crippen molar-refractivity contribution in [3.05, 3.63) is 18.2 Å². The maximum Gasteiger partial charge on any atom is 0.142 e. The molecule has 0 amide bonds. The van der Waals surface area contributed by atoms with E-state index >= 15 is 0 Å². The van der Waals surface area contributed by atoms with E-state index in [4.69, 9.17) is 5.84 Å². The zero-order chi connectivity index (χ0) is 13.2. The SMILES string of the molecule is CN1CCCC2CN(c3cccc(NN)n3)CCC21. The third kappa shape index (κ3) is 2.53. The van der Waals surface area contributed by atoms with Gasteiger partial charge in [-0.15, -0.1) is 0 Å². The van der Waals surface area contributed by atoms with E-state index in [1.807, 2.05) is 12.1 Å². The summed E-state index contributed by atoms with van der Waals surface area (Å²) in [5.74, 6) is 8.00. The van der Waals surface area contributed by atoms with Crippen molar-refractivity contribution in [1.29, 1.82) is 0 Å². The first-order valence-electron chi connectivity index (χ1n) is 7.17. The van der Waals surface area contributed by atoms with Crippen molar-refractivity contribution in [3.8, 4) is 0 Å². The van der Waals surface area contributed by atoms with Crippen LogP contribution in [0.5, 0.6) is 0 Å². The molecule has 2 aliphatic rings. The van der Waals surface area contributed by atoms with Gasteiger partial charge >= 0.3 is 0 Å². The smallest absolute Gasteiger partial charge is 0.142 e. The van der Waals surface area contributed by atoms with E-state index in [1.54, 1.807) is 0 Å². The Morgan fingerprint density at radius 1 is 1.32 bits per heavy atom. The minimum atomic E-state index is 0.736. The number of likely N-dealkylation sites (tertiary alicyclic amines) is 1. The second-order valence-electron chi connectivity index (χ2n) is 5.71. The molecule has 5 heteroatoms. The molecule has 3 heterocycles. The number of fused-ring (bicyclic) bond motifs is 1.